The lowest BCUT2D eigenvalue weighted by Gasteiger charge is -2.24. The molecule has 1 aliphatic rings. The summed E-state index contributed by atoms with van der Waals surface area (Å²) >= 11 is 1.62. The van der Waals surface area contributed by atoms with E-state index in [1.807, 2.05) is 34.3 Å². The predicted octanol–water partition coefficient (Wildman–Crippen LogP) is 2.27. The molecule has 0 spiro atoms. The molecule has 0 saturated carbocycles. The van der Waals surface area contributed by atoms with Crippen molar-refractivity contribution in [3.8, 4) is 0 Å². The summed E-state index contributed by atoms with van der Waals surface area (Å²) in [4.78, 5) is 18.7. The van der Waals surface area contributed by atoms with E-state index in [0.29, 0.717) is 6.42 Å². The molecule has 21 heavy (non-hydrogen) atoms. The van der Waals surface area contributed by atoms with E-state index in [9.17, 15) is 4.79 Å². The summed E-state index contributed by atoms with van der Waals surface area (Å²) in [6.07, 6.45) is 9.17. The second-order valence-corrected chi connectivity index (χ2v) is 6.53. The minimum absolute atomic E-state index is 0.247. The van der Waals surface area contributed by atoms with Crippen molar-refractivity contribution in [2.45, 2.75) is 45.2 Å². The number of nitrogens with zero attached hydrogens (tertiary/aromatic N) is 4. The van der Waals surface area contributed by atoms with Crippen LogP contribution < -0.4 is 0 Å². The standard InChI is InChI=1S/C15H20N4OS/c1-12-9-17-18(10-12)11-13-3-2-7-19(13)15(20)5-4-14-16-6-8-21-14/h6,8-10,13H,2-5,7,11H2,1H3/t13-/m0/s1. The highest BCUT2D eigenvalue weighted by molar-refractivity contribution is 7.09. The Balaban J connectivity index is 1.56. The lowest BCUT2D eigenvalue weighted by atomic mass is 10.2. The first-order chi connectivity index (χ1) is 10.2. The summed E-state index contributed by atoms with van der Waals surface area (Å²) in [6, 6.07) is 0.285. The summed E-state index contributed by atoms with van der Waals surface area (Å²) in [5.74, 6) is 0.247. The number of rotatable bonds is 5. The quantitative estimate of drug-likeness (QED) is 0.851. The number of thiazole rings is 1. The highest BCUT2D eigenvalue weighted by atomic mass is 32.1. The van der Waals surface area contributed by atoms with Gasteiger partial charge in [0.2, 0.25) is 5.91 Å². The number of aromatic nitrogens is 3. The Morgan fingerprint density at radius 2 is 2.43 bits per heavy atom. The molecule has 0 radical (unpaired) electrons. The molecule has 2 aromatic rings. The minimum atomic E-state index is 0.247. The number of amides is 1. The molecule has 0 bridgehead atoms. The first-order valence-electron chi connectivity index (χ1n) is 7.39. The maximum Gasteiger partial charge on any atom is 0.223 e. The zero-order valence-corrected chi connectivity index (χ0v) is 13.1. The zero-order valence-electron chi connectivity index (χ0n) is 12.2. The molecule has 0 N–H and O–H groups in total. The average Bonchev–Trinajstić information content (AvgIpc) is 3.19. The third-order valence-electron chi connectivity index (χ3n) is 3.89. The van der Waals surface area contributed by atoms with E-state index < -0.39 is 0 Å². The Morgan fingerprint density at radius 3 is 3.14 bits per heavy atom. The Labute approximate surface area is 128 Å². The molecule has 3 rings (SSSR count). The van der Waals surface area contributed by atoms with Crippen molar-refractivity contribution >= 4 is 17.2 Å². The molecule has 1 fully saturated rings. The molecule has 0 aliphatic carbocycles. The Morgan fingerprint density at radius 1 is 1.52 bits per heavy atom. The van der Waals surface area contributed by atoms with Gasteiger partial charge in [0, 0.05) is 37.2 Å². The Bertz CT molecular complexity index is 593. The Kier molecular flexibility index (Phi) is 4.34. The lowest BCUT2D eigenvalue weighted by Crippen LogP contribution is -2.38. The monoisotopic (exact) mass is 304 g/mol. The van der Waals surface area contributed by atoms with Crippen LogP contribution in [0, 0.1) is 6.92 Å². The van der Waals surface area contributed by atoms with Crippen LogP contribution in [0.1, 0.15) is 29.8 Å². The zero-order chi connectivity index (χ0) is 14.7. The van der Waals surface area contributed by atoms with Gasteiger partial charge in [0.1, 0.15) is 0 Å². The second kappa shape index (κ2) is 6.39. The van der Waals surface area contributed by atoms with Crippen molar-refractivity contribution in [1.82, 2.24) is 19.7 Å². The molecule has 1 amide bonds. The number of carbonyl (C=O) groups excluding carboxylic acids is 1. The van der Waals surface area contributed by atoms with Gasteiger partial charge in [0.05, 0.1) is 23.8 Å². The first-order valence-corrected chi connectivity index (χ1v) is 8.27. The smallest absolute Gasteiger partial charge is 0.223 e. The fourth-order valence-electron chi connectivity index (χ4n) is 2.87. The summed E-state index contributed by atoms with van der Waals surface area (Å²) in [5, 5.41) is 7.33. The van der Waals surface area contributed by atoms with E-state index >= 15 is 0 Å². The van der Waals surface area contributed by atoms with E-state index in [4.69, 9.17) is 0 Å². The molecule has 5 nitrogen and oxygen atoms in total. The first kappa shape index (κ1) is 14.3. The van der Waals surface area contributed by atoms with Gasteiger partial charge in [0.15, 0.2) is 0 Å². The van der Waals surface area contributed by atoms with Crippen LogP contribution in [0.3, 0.4) is 0 Å². The van der Waals surface area contributed by atoms with Crippen molar-refractivity contribution in [3.63, 3.8) is 0 Å². The van der Waals surface area contributed by atoms with Gasteiger partial charge in [-0.15, -0.1) is 11.3 Å². The van der Waals surface area contributed by atoms with Gasteiger partial charge in [-0.2, -0.15) is 5.10 Å². The van der Waals surface area contributed by atoms with Crippen molar-refractivity contribution in [3.05, 3.63) is 34.5 Å². The van der Waals surface area contributed by atoms with E-state index in [1.165, 1.54) is 0 Å². The van der Waals surface area contributed by atoms with Crippen molar-refractivity contribution in [2.75, 3.05) is 6.54 Å². The molecule has 3 heterocycles. The molecule has 6 heteroatoms. The van der Waals surface area contributed by atoms with Gasteiger partial charge >= 0.3 is 0 Å². The number of hydrogen-bond acceptors (Lipinski definition) is 4. The van der Waals surface area contributed by atoms with Crippen LogP contribution in [0.2, 0.25) is 0 Å². The highest BCUT2D eigenvalue weighted by Gasteiger charge is 2.28. The van der Waals surface area contributed by atoms with Gasteiger partial charge in [-0.25, -0.2) is 4.98 Å². The molecule has 112 valence electrons. The third kappa shape index (κ3) is 3.50. The van der Waals surface area contributed by atoms with Crippen molar-refractivity contribution in [1.29, 1.82) is 0 Å². The summed E-state index contributed by atoms with van der Waals surface area (Å²) in [5.41, 5.74) is 1.16. The normalized spacial score (nSPS) is 18.3. The van der Waals surface area contributed by atoms with Gasteiger partial charge in [-0.1, -0.05) is 0 Å². The van der Waals surface area contributed by atoms with E-state index in [0.717, 1.165) is 42.9 Å². The van der Waals surface area contributed by atoms with E-state index in [-0.39, 0.29) is 11.9 Å². The van der Waals surface area contributed by atoms with Gasteiger partial charge in [-0.3, -0.25) is 9.48 Å². The summed E-state index contributed by atoms with van der Waals surface area (Å²) in [6.45, 7) is 3.72. The van der Waals surface area contributed by atoms with Crippen molar-refractivity contribution in [2.24, 2.45) is 0 Å². The number of likely N-dealkylation sites (tertiary alicyclic amines) is 1. The number of aryl methyl sites for hydroxylation is 2. The fourth-order valence-corrected chi connectivity index (χ4v) is 3.49. The molecular weight excluding hydrogens is 284 g/mol. The van der Waals surface area contributed by atoms with Crippen LogP contribution >= 0.6 is 11.3 Å². The maximum atomic E-state index is 12.4. The Hall–Kier alpha value is -1.69. The van der Waals surface area contributed by atoms with Crippen LogP contribution in [-0.4, -0.2) is 38.2 Å². The number of hydrogen-bond donors (Lipinski definition) is 0. The van der Waals surface area contributed by atoms with E-state index in [2.05, 4.69) is 10.1 Å². The average molecular weight is 304 g/mol. The van der Waals surface area contributed by atoms with Gasteiger partial charge in [-0.05, 0) is 25.3 Å². The molecular formula is C15H20N4OS. The van der Waals surface area contributed by atoms with E-state index in [1.54, 1.807) is 17.5 Å². The largest absolute Gasteiger partial charge is 0.338 e. The minimum Gasteiger partial charge on any atom is -0.338 e. The van der Waals surface area contributed by atoms with Crippen LogP contribution in [0.25, 0.3) is 0 Å². The maximum absolute atomic E-state index is 12.4. The van der Waals surface area contributed by atoms with Gasteiger partial charge in [0.25, 0.3) is 0 Å². The van der Waals surface area contributed by atoms with Crippen LogP contribution in [0.4, 0.5) is 0 Å². The van der Waals surface area contributed by atoms with Gasteiger partial charge < -0.3 is 4.90 Å². The summed E-state index contributed by atoms with van der Waals surface area (Å²) in [7, 11) is 0. The third-order valence-corrected chi connectivity index (χ3v) is 4.73. The molecule has 1 aliphatic heterocycles. The molecule has 2 aromatic heterocycles. The van der Waals surface area contributed by atoms with Crippen LogP contribution in [0.15, 0.2) is 24.0 Å². The summed E-state index contributed by atoms with van der Waals surface area (Å²) < 4.78 is 1.95. The molecule has 1 atom stereocenters. The highest BCUT2D eigenvalue weighted by Crippen LogP contribution is 2.20. The lowest BCUT2D eigenvalue weighted by molar-refractivity contribution is -0.132. The van der Waals surface area contributed by atoms with Crippen LogP contribution in [-0.2, 0) is 17.8 Å². The number of carbonyl (C=O) groups is 1. The molecule has 0 aromatic carbocycles. The van der Waals surface area contributed by atoms with Crippen LogP contribution in [0.5, 0.6) is 0 Å². The topological polar surface area (TPSA) is 51.0 Å². The molecule has 1 saturated heterocycles. The fraction of sp³-hybridized carbons (Fsp3) is 0.533. The SMILES string of the molecule is Cc1cnn(C[C@@H]2CCCN2C(=O)CCc2nccs2)c1. The second-order valence-electron chi connectivity index (χ2n) is 5.55. The van der Waals surface area contributed by atoms with Crippen molar-refractivity contribution < 1.29 is 4.79 Å². The predicted molar refractivity (Wildman–Crippen MR) is 82.1 cm³/mol. The molecule has 0 unspecified atom stereocenters.